The molecule has 13 heteroatoms. The lowest BCUT2D eigenvalue weighted by Gasteiger charge is -2.16. The van der Waals surface area contributed by atoms with Crippen molar-refractivity contribution in [3.63, 3.8) is 0 Å². The van der Waals surface area contributed by atoms with E-state index in [1.54, 1.807) is 28.5 Å². The van der Waals surface area contributed by atoms with Gasteiger partial charge in [0.25, 0.3) is 16.0 Å². The number of amides is 1. The van der Waals surface area contributed by atoms with Crippen LogP contribution in [0, 0.1) is 5.41 Å². The average Bonchev–Trinajstić information content (AvgIpc) is 3.36. The van der Waals surface area contributed by atoms with Gasteiger partial charge in [-0.3, -0.25) is 10.2 Å². The van der Waals surface area contributed by atoms with Crippen LogP contribution in [-0.4, -0.2) is 42.8 Å². The van der Waals surface area contributed by atoms with Crippen molar-refractivity contribution in [1.29, 1.82) is 5.41 Å². The predicted octanol–water partition coefficient (Wildman–Crippen LogP) is 2.36. The topological polar surface area (TPSA) is 138 Å². The van der Waals surface area contributed by atoms with E-state index in [1.807, 2.05) is 0 Å². The second-order valence-electron chi connectivity index (χ2n) is 6.55. The highest BCUT2D eigenvalue weighted by molar-refractivity contribution is 7.91. The summed E-state index contributed by atoms with van der Waals surface area (Å²) < 4.78 is 33.9. The van der Waals surface area contributed by atoms with Crippen LogP contribution in [0.25, 0.3) is 10.2 Å². The number of nitrogens with one attached hydrogen (secondary N) is 2. The largest absolute Gasteiger partial charge is 0.415 e. The fourth-order valence-corrected chi connectivity index (χ4v) is 6.56. The Hall–Kier alpha value is -2.25. The van der Waals surface area contributed by atoms with Crippen molar-refractivity contribution >= 4 is 66.4 Å². The first-order valence-corrected chi connectivity index (χ1v) is 12.2. The summed E-state index contributed by atoms with van der Waals surface area (Å²) in [6.07, 6.45) is 0.369. The van der Waals surface area contributed by atoms with E-state index in [9.17, 15) is 13.2 Å². The van der Waals surface area contributed by atoms with Crippen LogP contribution in [0.5, 0.6) is 5.06 Å². The SMILES string of the molecule is N=C(N)Oc1cc(CN2CC[C@H](NS(=O)(=O)c3cc4nc(Cl)ccc4s3)C2=O)cs1. The molecule has 3 aromatic heterocycles. The molecule has 4 heterocycles. The molecule has 0 bridgehead atoms. The van der Waals surface area contributed by atoms with E-state index in [-0.39, 0.29) is 15.3 Å². The molecule has 1 aliphatic heterocycles. The number of thiophene rings is 2. The molecule has 1 amide bonds. The third-order valence-electron chi connectivity index (χ3n) is 4.39. The fourth-order valence-electron chi connectivity index (χ4n) is 3.08. The lowest BCUT2D eigenvalue weighted by atomic mass is 10.3. The molecule has 0 saturated carbocycles. The number of halogens is 1. The van der Waals surface area contributed by atoms with Crippen LogP contribution in [0.3, 0.4) is 0 Å². The molecule has 4 rings (SSSR count). The molecule has 1 aliphatic rings. The number of carbonyl (C=O) groups excluding carboxylic acids is 1. The van der Waals surface area contributed by atoms with Gasteiger partial charge in [-0.1, -0.05) is 11.6 Å². The summed E-state index contributed by atoms with van der Waals surface area (Å²) in [6, 6.07) is 5.22. The Bertz CT molecular complexity index is 1240. The Balaban J connectivity index is 1.44. The molecule has 1 saturated heterocycles. The van der Waals surface area contributed by atoms with Crippen LogP contribution in [-0.2, 0) is 21.4 Å². The van der Waals surface area contributed by atoms with Crippen LogP contribution in [0.1, 0.15) is 12.0 Å². The highest BCUT2D eigenvalue weighted by Crippen LogP contribution is 2.30. The smallest absolute Gasteiger partial charge is 0.285 e. The third kappa shape index (κ3) is 4.42. The quantitative estimate of drug-likeness (QED) is 0.278. The van der Waals surface area contributed by atoms with Crippen molar-refractivity contribution in [2.75, 3.05) is 6.54 Å². The molecule has 9 nitrogen and oxygen atoms in total. The van der Waals surface area contributed by atoms with Crippen LogP contribution in [0.4, 0.5) is 0 Å². The Kier molecular flexibility index (Phi) is 5.68. The number of amidine groups is 1. The maximum Gasteiger partial charge on any atom is 0.285 e. The number of hydrogen-bond acceptors (Lipinski definition) is 8. The summed E-state index contributed by atoms with van der Waals surface area (Å²) in [5.74, 6) is -0.291. The molecule has 0 aliphatic carbocycles. The highest BCUT2D eigenvalue weighted by atomic mass is 35.5. The number of aromatic nitrogens is 1. The van der Waals surface area contributed by atoms with Crippen molar-refractivity contribution in [2.24, 2.45) is 5.73 Å². The van der Waals surface area contributed by atoms with E-state index in [0.717, 1.165) is 16.9 Å². The summed E-state index contributed by atoms with van der Waals surface area (Å²) >= 11 is 8.20. The molecular weight excluding hydrogens is 470 g/mol. The predicted molar refractivity (Wildman–Crippen MR) is 116 cm³/mol. The number of rotatable bonds is 6. The maximum absolute atomic E-state index is 12.8. The van der Waals surface area contributed by atoms with E-state index in [4.69, 9.17) is 27.5 Å². The maximum atomic E-state index is 12.8. The minimum Gasteiger partial charge on any atom is -0.415 e. The third-order valence-corrected chi connectivity index (χ3v) is 8.49. The molecule has 0 unspecified atom stereocenters. The van der Waals surface area contributed by atoms with E-state index >= 15 is 0 Å². The van der Waals surface area contributed by atoms with Crippen molar-refractivity contribution in [1.82, 2.24) is 14.6 Å². The first-order chi connectivity index (χ1) is 14.2. The second kappa shape index (κ2) is 8.12. The first-order valence-electron chi connectivity index (χ1n) is 8.68. The Morgan fingerprint density at radius 3 is 3.00 bits per heavy atom. The van der Waals surface area contributed by atoms with Gasteiger partial charge in [0.15, 0.2) is 5.06 Å². The first kappa shape index (κ1) is 21.0. The summed E-state index contributed by atoms with van der Waals surface area (Å²) in [5, 5.41) is 9.69. The number of sulfonamides is 1. The Morgan fingerprint density at radius 2 is 2.23 bits per heavy atom. The van der Waals surface area contributed by atoms with Crippen molar-refractivity contribution < 1.29 is 17.9 Å². The molecule has 4 N–H and O–H groups in total. The molecule has 158 valence electrons. The van der Waals surface area contributed by atoms with E-state index < -0.39 is 22.1 Å². The number of likely N-dealkylation sites (tertiary alicyclic amines) is 1. The number of nitrogens with two attached hydrogens (primary N) is 1. The minimum absolute atomic E-state index is 0.0855. The van der Waals surface area contributed by atoms with Crippen LogP contribution in [0.2, 0.25) is 5.15 Å². The summed E-state index contributed by atoms with van der Waals surface area (Å²) in [5.41, 5.74) is 6.52. The van der Waals surface area contributed by atoms with Gasteiger partial charge in [0, 0.05) is 13.1 Å². The Morgan fingerprint density at radius 1 is 1.43 bits per heavy atom. The monoisotopic (exact) mass is 485 g/mol. The lowest BCUT2D eigenvalue weighted by Crippen LogP contribution is -2.41. The summed E-state index contributed by atoms with van der Waals surface area (Å²) in [6.45, 7) is 0.745. The molecular formula is C17H16ClN5O4S3. The summed E-state index contributed by atoms with van der Waals surface area (Å²) in [4.78, 5) is 18.4. The number of nitrogens with zero attached hydrogens (tertiary/aromatic N) is 2. The number of pyridine rings is 1. The summed E-state index contributed by atoms with van der Waals surface area (Å²) in [7, 11) is -3.87. The van der Waals surface area contributed by atoms with Crippen molar-refractivity contribution in [3.8, 4) is 5.06 Å². The van der Waals surface area contributed by atoms with Gasteiger partial charge in [0.1, 0.15) is 15.4 Å². The van der Waals surface area contributed by atoms with Crippen LogP contribution < -0.4 is 15.2 Å². The zero-order valence-electron chi connectivity index (χ0n) is 15.3. The number of carbonyl (C=O) groups is 1. The standard InChI is InChI=1S/C17H16ClN5O4S3/c18-13-2-1-12-11(21-13)6-15(29-12)30(25,26)22-10-3-4-23(16(10)24)7-9-5-14(28-8-9)27-17(19)20/h1-2,5-6,8,10,22H,3-4,7H2,(H3,19,20)/t10-/m0/s1. The van der Waals surface area contributed by atoms with Crippen molar-refractivity contribution in [2.45, 2.75) is 23.2 Å². The number of fused-ring (bicyclic) bond motifs is 1. The van der Waals surface area contributed by atoms with E-state index in [1.165, 1.54) is 17.4 Å². The average molecular weight is 486 g/mol. The lowest BCUT2D eigenvalue weighted by molar-refractivity contribution is -0.129. The highest BCUT2D eigenvalue weighted by Gasteiger charge is 2.35. The van der Waals surface area contributed by atoms with E-state index in [2.05, 4.69) is 9.71 Å². The normalized spacial score (nSPS) is 17.0. The number of hydrogen-bond donors (Lipinski definition) is 3. The van der Waals surface area contributed by atoms with Gasteiger partial charge >= 0.3 is 0 Å². The number of ether oxygens (including phenoxy) is 1. The van der Waals surface area contributed by atoms with Crippen LogP contribution >= 0.6 is 34.3 Å². The van der Waals surface area contributed by atoms with Gasteiger partial charge in [-0.05, 0) is 41.6 Å². The van der Waals surface area contributed by atoms with Crippen molar-refractivity contribution in [3.05, 3.63) is 40.4 Å². The van der Waals surface area contributed by atoms with Gasteiger partial charge in [0.2, 0.25) is 5.91 Å². The second-order valence-corrected chi connectivity index (χ2v) is 10.8. The van der Waals surface area contributed by atoms with Gasteiger partial charge < -0.3 is 15.4 Å². The zero-order chi connectivity index (χ0) is 21.5. The minimum atomic E-state index is -3.87. The molecule has 0 spiro atoms. The van der Waals surface area contributed by atoms with Crippen LogP contribution in [0.15, 0.2) is 33.9 Å². The Labute approximate surface area is 185 Å². The molecule has 1 fully saturated rings. The van der Waals surface area contributed by atoms with Gasteiger partial charge in [0.05, 0.1) is 10.2 Å². The molecule has 0 aromatic carbocycles. The molecule has 30 heavy (non-hydrogen) atoms. The van der Waals surface area contributed by atoms with E-state index in [0.29, 0.717) is 34.8 Å². The zero-order valence-corrected chi connectivity index (χ0v) is 18.5. The van der Waals surface area contributed by atoms with Gasteiger partial charge in [-0.2, -0.15) is 4.72 Å². The van der Waals surface area contributed by atoms with Gasteiger partial charge in [-0.15, -0.1) is 22.7 Å². The molecule has 3 aromatic rings. The van der Waals surface area contributed by atoms with Gasteiger partial charge in [-0.25, -0.2) is 13.4 Å². The molecule has 0 radical (unpaired) electrons. The molecule has 1 atom stereocenters. The fraction of sp³-hybridized carbons (Fsp3) is 0.235.